The highest BCUT2D eigenvalue weighted by Crippen LogP contribution is 2.17. The fraction of sp³-hybridized carbons (Fsp3) is 0.154. The summed E-state index contributed by atoms with van der Waals surface area (Å²) in [5.74, 6) is 1.07. The fourth-order valence-corrected chi connectivity index (χ4v) is 1.67. The van der Waals surface area contributed by atoms with Crippen molar-refractivity contribution in [2.45, 2.75) is 6.54 Å². The lowest BCUT2D eigenvalue weighted by molar-refractivity contribution is 0.475. The molecule has 1 aromatic heterocycles. The van der Waals surface area contributed by atoms with Crippen LogP contribution in [0.4, 0.5) is 5.69 Å². The molecule has 1 heterocycles. The Morgan fingerprint density at radius 3 is 2.67 bits per heavy atom. The van der Waals surface area contributed by atoms with E-state index in [4.69, 9.17) is 16.6 Å². The van der Waals surface area contributed by atoms with Gasteiger partial charge in [0.1, 0.15) is 11.5 Å². The van der Waals surface area contributed by atoms with E-state index in [-0.39, 0.29) is 5.75 Å². The SMILES string of the molecule is CN(C(=S)NCc1ccco1)c1ccc(O)cc1. The summed E-state index contributed by atoms with van der Waals surface area (Å²) in [7, 11) is 1.86. The van der Waals surface area contributed by atoms with Gasteiger partial charge in [-0.05, 0) is 48.6 Å². The van der Waals surface area contributed by atoms with Gasteiger partial charge in [-0.3, -0.25) is 0 Å². The van der Waals surface area contributed by atoms with Gasteiger partial charge in [0.05, 0.1) is 12.8 Å². The van der Waals surface area contributed by atoms with Gasteiger partial charge in [-0.1, -0.05) is 0 Å². The number of rotatable bonds is 3. The van der Waals surface area contributed by atoms with Gasteiger partial charge in [0.15, 0.2) is 5.11 Å². The molecule has 5 heteroatoms. The van der Waals surface area contributed by atoms with Gasteiger partial charge in [-0.15, -0.1) is 0 Å². The van der Waals surface area contributed by atoms with Crippen LogP contribution >= 0.6 is 12.2 Å². The summed E-state index contributed by atoms with van der Waals surface area (Å²) in [6.07, 6.45) is 1.63. The summed E-state index contributed by atoms with van der Waals surface area (Å²) in [5.41, 5.74) is 0.907. The molecule has 18 heavy (non-hydrogen) atoms. The number of phenolic OH excluding ortho intramolecular Hbond substituents is 1. The van der Waals surface area contributed by atoms with Crippen molar-refractivity contribution in [2.75, 3.05) is 11.9 Å². The number of aromatic hydroxyl groups is 1. The number of hydrogen-bond donors (Lipinski definition) is 2. The quantitative estimate of drug-likeness (QED) is 0.832. The average molecular weight is 262 g/mol. The molecule has 0 atom stereocenters. The number of anilines is 1. The third-order valence-corrected chi connectivity index (χ3v) is 2.95. The Kier molecular flexibility index (Phi) is 3.84. The molecular formula is C13H14N2O2S. The van der Waals surface area contributed by atoms with Crippen molar-refractivity contribution in [3.8, 4) is 5.75 Å². The number of furan rings is 1. The molecule has 2 N–H and O–H groups in total. The maximum Gasteiger partial charge on any atom is 0.173 e. The first kappa shape index (κ1) is 12.4. The molecular weight excluding hydrogens is 248 g/mol. The molecule has 1 aromatic carbocycles. The minimum Gasteiger partial charge on any atom is -0.508 e. The lowest BCUT2D eigenvalue weighted by atomic mass is 10.3. The first-order chi connectivity index (χ1) is 8.66. The normalized spacial score (nSPS) is 10.1. The molecule has 4 nitrogen and oxygen atoms in total. The van der Waals surface area contributed by atoms with Crippen molar-refractivity contribution < 1.29 is 9.52 Å². The molecule has 0 saturated heterocycles. The Labute approximate surface area is 111 Å². The third-order valence-electron chi connectivity index (χ3n) is 2.54. The van der Waals surface area contributed by atoms with Crippen LogP contribution in [-0.4, -0.2) is 17.3 Å². The van der Waals surface area contributed by atoms with Crippen LogP contribution in [-0.2, 0) is 6.54 Å². The van der Waals surface area contributed by atoms with Gasteiger partial charge in [0, 0.05) is 12.7 Å². The number of phenols is 1. The zero-order chi connectivity index (χ0) is 13.0. The van der Waals surface area contributed by atoms with E-state index in [1.54, 1.807) is 30.5 Å². The molecule has 0 saturated carbocycles. The maximum atomic E-state index is 9.23. The van der Waals surface area contributed by atoms with E-state index in [2.05, 4.69) is 5.32 Å². The maximum absolute atomic E-state index is 9.23. The van der Waals surface area contributed by atoms with Crippen molar-refractivity contribution in [3.05, 3.63) is 48.4 Å². The molecule has 0 aliphatic carbocycles. The van der Waals surface area contributed by atoms with E-state index in [1.807, 2.05) is 24.1 Å². The van der Waals surface area contributed by atoms with Gasteiger partial charge in [0.25, 0.3) is 0 Å². The molecule has 0 aliphatic rings. The first-order valence-electron chi connectivity index (χ1n) is 5.50. The zero-order valence-corrected chi connectivity index (χ0v) is 10.8. The van der Waals surface area contributed by atoms with Gasteiger partial charge >= 0.3 is 0 Å². The first-order valence-corrected chi connectivity index (χ1v) is 5.90. The van der Waals surface area contributed by atoms with Gasteiger partial charge in [-0.25, -0.2) is 0 Å². The smallest absolute Gasteiger partial charge is 0.173 e. The van der Waals surface area contributed by atoms with Crippen molar-refractivity contribution in [1.82, 2.24) is 5.32 Å². The highest BCUT2D eigenvalue weighted by atomic mass is 32.1. The molecule has 0 spiro atoms. The minimum absolute atomic E-state index is 0.238. The molecule has 2 aromatic rings. The Morgan fingerprint density at radius 1 is 1.33 bits per heavy atom. The summed E-state index contributed by atoms with van der Waals surface area (Å²) in [4.78, 5) is 1.83. The number of nitrogens with one attached hydrogen (secondary N) is 1. The summed E-state index contributed by atoms with van der Waals surface area (Å²) >= 11 is 5.28. The van der Waals surface area contributed by atoms with E-state index in [9.17, 15) is 5.11 Å². The van der Waals surface area contributed by atoms with Crippen LogP contribution < -0.4 is 10.2 Å². The molecule has 0 aliphatic heterocycles. The molecule has 0 unspecified atom stereocenters. The standard InChI is InChI=1S/C13H14N2O2S/c1-15(10-4-6-11(16)7-5-10)13(18)14-9-12-3-2-8-17-12/h2-8,16H,9H2,1H3,(H,14,18). The highest BCUT2D eigenvalue weighted by Gasteiger charge is 2.07. The van der Waals surface area contributed by atoms with Gasteiger partial charge < -0.3 is 19.7 Å². The lowest BCUT2D eigenvalue weighted by Crippen LogP contribution is -2.36. The molecule has 0 radical (unpaired) electrons. The second-order valence-electron chi connectivity index (χ2n) is 3.81. The average Bonchev–Trinajstić information content (AvgIpc) is 2.89. The molecule has 2 rings (SSSR count). The van der Waals surface area contributed by atoms with Crippen LogP contribution in [0.15, 0.2) is 47.1 Å². The van der Waals surface area contributed by atoms with E-state index in [1.165, 1.54) is 0 Å². The number of hydrogen-bond acceptors (Lipinski definition) is 3. The monoisotopic (exact) mass is 262 g/mol. The molecule has 0 amide bonds. The number of thiocarbonyl (C=S) groups is 1. The van der Waals surface area contributed by atoms with Crippen molar-refractivity contribution in [3.63, 3.8) is 0 Å². The Bertz CT molecular complexity index is 508. The topological polar surface area (TPSA) is 48.6 Å². The van der Waals surface area contributed by atoms with Crippen LogP contribution in [0.3, 0.4) is 0 Å². The minimum atomic E-state index is 0.238. The summed E-state index contributed by atoms with van der Waals surface area (Å²) in [6.45, 7) is 0.550. The van der Waals surface area contributed by atoms with E-state index in [0.29, 0.717) is 11.7 Å². The molecule has 0 fully saturated rings. The van der Waals surface area contributed by atoms with E-state index < -0.39 is 0 Å². The van der Waals surface area contributed by atoms with Crippen molar-refractivity contribution in [2.24, 2.45) is 0 Å². The predicted octanol–water partition coefficient (Wildman–Crippen LogP) is 2.50. The second-order valence-corrected chi connectivity index (χ2v) is 4.20. The molecule has 0 bridgehead atoms. The fourth-order valence-electron chi connectivity index (χ4n) is 1.49. The summed E-state index contributed by atoms with van der Waals surface area (Å²) < 4.78 is 5.21. The van der Waals surface area contributed by atoms with E-state index >= 15 is 0 Å². The van der Waals surface area contributed by atoms with Crippen LogP contribution in [0.5, 0.6) is 5.75 Å². The van der Waals surface area contributed by atoms with Crippen molar-refractivity contribution in [1.29, 1.82) is 0 Å². The predicted molar refractivity (Wildman–Crippen MR) is 74.7 cm³/mol. The Hall–Kier alpha value is -2.01. The number of benzene rings is 1. The Morgan fingerprint density at radius 2 is 2.06 bits per heavy atom. The third kappa shape index (κ3) is 3.01. The lowest BCUT2D eigenvalue weighted by Gasteiger charge is -2.20. The van der Waals surface area contributed by atoms with E-state index in [0.717, 1.165) is 11.4 Å². The van der Waals surface area contributed by atoms with Crippen LogP contribution in [0.2, 0.25) is 0 Å². The largest absolute Gasteiger partial charge is 0.508 e. The van der Waals surface area contributed by atoms with Crippen LogP contribution in [0, 0.1) is 0 Å². The van der Waals surface area contributed by atoms with Crippen LogP contribution in [0.1, 0.15) is 5.76 Å². The highest BCUT2D eigenvalue weighted by molar-refractivity contribution is 7.80. The molecule has 94 valence electrons. The van der Waals surface area contributed by atoms with Crippen molar-refractivity contribution >= 4 is 23.0 Å². The second kappa shape index (κ2) is 5.55. The Balaban J connectivity index is 1.94. The zero-order valence-electron chi connectivity index (χ0n) is 9.96. The number of nitrogens with zero attached hydrogens (tertiary/aromatic N) is 1. The van der Waals surface area contributed by atoms with Gasteiger partial charge in [-0.2, -0.15) is 0 Å². The van der Waals surface area contributed by atoms with Gasteiger partial charge in [0.2, 0.25) is 0 Å². The van der Waals surface area contributed by atoms with Crippen LogP contribution in [0.25, 0.3) is 0 Å². The summed E-state index contributed by atoms with van der Waals surface area (Å²) in [5, 5.41) is 12.9. The summed E-state index contributed by atoms with van der Waals surface area (Å²) in [6, 6.07) is 10.6.